The van der Waals surface area contributed by atoms with E-state index in [1.807, 2.05) is 4.90 Å². The van der Waals surface area contributed by atoms with Crippen LogP contribution in [-0.2, 0) is 16.0 Å². The predicted octanol–water partition coefficient (Wildman–Crippen LogP) is 2.70. The van der Waals surface area contributed by atoms with Crippen molar-refractivity contribution in [1.82, 2.24) is 14.5 Å². The molecular formula is C24H27Cl2N5O4. The number of nitrogens with zero attached hydrogens (tertiary/aromatic N) is 3. The molecule has 2 fully saturated rings. The summed E-state index contributed by atoms with van der Waals surface area (Å²) in [6.07, 6.45) is 4.42. The molecule has 0 unspecified atom stereocenters. The van der Waals surface area contributed by atoms with Crippen molar-refractivity contribution in [3.63, 3.8) is 0 Å². The monoisotopic (exact) mass is 519 g/mol. The number of carbonyl (C=O) groups is 3. The summed E-state index contributed by atoms with van der Waals surface area (Å²) >= 11 is 12.3. The van der Waals surface area contributed by atoms with Crippen LogP contribution in [-0.4, -0.2) is 69.2 Å². The van der Waals surface area contributed by atoms with Crippen LogP contribution in [0.2, 0.25) is 10.0 Å². The molecule has 0 bridgehead atoms. The largest absolute Gasteiger partial charge is 0.388 e. The van der Waals surface area contributed by atoms with Gasteiger partial charge in [0.1, 0.15) is 12.4 Å². The van der Waals surface area contributed by atoms with Crippen LogP contribution >= 0.6 is 23.2 Å². The fourth-order valence-corrected chi connectivity index (χ4v) is 5.19. The molecule has 0 spiro atoms. The normalized spacial score (nSPS) is 19.2. The molecule has 3 aliphatic rings. The van der Waals surface area contributed by atoms with Crippen LogP contribution in [0.4, 0.5) is 5.69 Å². The lowest BCUT2D eigenvalue weighted by molar-refractivity contribution is -0.137. The molecule has 1 saturated heterocycles. The number of amides is 3. The van der Waals surface area contributed by atoms with Gasteiger partial charge in [-0.3, -0.25) is 19.1 Å². The summed E-state index contributed by atoms with van der Waals surface area (Å²) in [7, 11) is 0. The molecule has 3 N–H and O–H groups in total. The van der Waals surface area contributed by atoms with Crippen LogP contribution in [0.25, 0.3) is 0 Å². The molecule has 5 rings (SSSR count). The van der Waals surface area contributed by atoms with E-state index in [9.17, 15) is 19.5 Å². The zero-order valence-electron chi connectivity index (χ0n) is 19.1. The van der Waals surface area contributed by atoms with Crippen molar-refractivity contribution in [2.24, 2.45) is 5.92 Å². The second-order valence-electron chi connectivity index (χ2n) is 9.55. The average Bonchev–Trinajstić information content (AvgIpc) is 3.59. The zero-order chi connectivity index (χ0) is 24.7. The van der Waals surface area contributed by atoms with Crippen molar-refractivity contribution in [3.8, 4) is 0 Å². The highest BCUT2D eigenvalue weighted by molar-refractivity contribution is 6.36. The quantitative estimate of drug-likeness (QED) is 0.543. The van der Waals surface area contributed by atoms with E-state index in [2.05, 4.69) is 10.7 Å². The summed E-state index contributed by atoms with van der Waals surface area (Å²) in [5, 5.41) is 14.7. The van der Waals surface area contributed by atoms with Crippen molar-refractivity contribution in [2.75, 3.05) is 37.0 Å². The SMILES string of the molecule is O=C(Cc1c(Cl)cccc1Cl)Nc1cc2n(c1)NCN(CC1(O)CCN(C(=O)C3CC3)CC1)C2=O. The average molecular weight is 520 g/mol. The molecule has 11 heteroatoms. The lowest BCUT2D eigenvalue weighted by Gasteiger charge is -2.42. The molecule has 186 valence electrons. The third-order valence-electron chi connectivity index (χ3n) is 6.86. The van der Waals surface area contributed by atoms with Gasteiger partial charge in [-0.25, -0.2) is 0 Å². The van der Waals surface area contributed by atoms with E-state index in [0.717, 1.165) is 12.8 Å². The van der Waals surface area contributed by atoms with Gasteiger partial charge in [0.2, 0.25) is 11.8 Å². The number of aromatic nitrogens is 1. The maximum Gasteiger partial charge on any atom is 0.274 e. The Labute approximate surface area is 212 Å². The molecule has 1 saturated carbocycles. The number of fused-ring (bicyclic) bond motifs is 1. The number of benzene rings is 1. The summed E-state index contributed by atoms with van der Waals surface area (Å²) < 4.78 is 1.57. The van der Waals surface area contributed by atoms with E-state index >= 15 is 0 Å². The van der Waals surface area contributed by atoms with E-state index in [1.54, 1.807) is 40.0 Å². The van der Waals surface area contributed by atoms with Gasteiger partial charge in [0.15, 0.2) is 0 Å². The van der Waals surface area contributed by atoms with E-state index in [0.29, 0.717) is 52.9 Å². The highest BCUT2D eigenvalue weighted by Crippen LogP contribution is 2.33. The number of hydrogen-bond acceptors (Lipinski definition) is 5. The van der Waals surface area contributed by atoms with Crippen LogP contribution < -0.4 is 10.7 Å². The fraction of sp³-hybridized carbons (Fsp3) is 0.458. The first-order valence-electron chi connectivity index (χ1n) is 11.7. The van der Waals surface area contributed by atoms with Crippen molar-refractivity contribution < 1.29 is 19.5 Å². The van der Waals surface area contributed by atoms with Crippen molar-refractivity contribution in [2.45, 2.75) is 37.7 Å². The lowest BCUT2D eigenvalue weighted by atomic mass is 9.90. The van der Waals surface area contributed by atoms with Crippen LogP contribution in [0, 0.1) is 5.92 Å². The van der Waals surface area contributed by atoms with Gasteiger partial charge in [0.25, 0.3) is 5.91 Å². The zero-order valence-corrected chi connectivity index (χ0v) is 20.6. The second-order valence-corrected chi connectivity index (χ2v) is 10.4. The summed E-state index contributed by atoms with van der Waals surface area (Å²) in [6.45, 7) is 1.39. The minimum atomic E-state index is -1.04. The van der Waals surface area contributed by atoms with E-state index in [-0.39, 0.29) is 43.3 Å². The Bertz CT molecular complexity index is 1150. The Balaban J connectivity index is 1.19. The number of aliphatic hydroxyl groups is 1. The predicted molar refractivity (Wildman–Crippen MR) is 132 cm³/mol. The molecule has 3 amide bonds. The molecule has 0 atom stereocenters. The number of anilines is 1. The number of nitrogens with one attached hydrogen (secondary N) is 2. The maximum atomic E-state index is 13.1. The molecule has 3 heterocycles. The van der Waals surface area contributed by atoms with E-state index in [4.69, 9.17) is 23.2 Å². The van der Waals surface area contributed by atoms with Gasteiger partial charge < -0.3 is 25.6 Å². The third-order valence-corrected chi connectivity index (χ3v) is 7.57. The number of piperidine rings is 1. The Kier molecular flexibility index (Phi) is 6.41. The topological polar surface area (TPSA) is 107 Å². The van der Waals surface area contributed by atoms with Gasteiger partial charge in [-0.1, -0.05) is 29.3 Å². The van der Waals surface area contributed by atoms with Gasteiger partial charge >= 0.3 is 0 Å². The summed E-state index contributed by atoms with van der Waals surface area (Å²) in [4.78, 5) is 41.4. The molecule has 2 aromatic rings. The van der Waals surface area contributed by atoms with Crippen molar-refractivity contribution >= 4 is 46.6 Å². The first-order valence-corrected chi connectivity index (χ1v) is 12.5. The van der Waals surface area contributed by atoms with Gasteiger partial charge in [-0.2, -0.15) is 0 Å². The molecule has 9 nitrogen and oxygen atoms in total. The first-order chi connectivity index (χ1) is 16.7. The Morgan fingerprint density at radius 3 is 2.51 bits per heavy atom. The number of rotatable bonds is 6. The molecule has 1 aromatic heterocycles. The molecular weight excluding hydrogens is 493 g/mol. The molecule has 0 radical (unpaired) electrons. The molecule has 35 heavy (non-hydrogen) atoms. The molecule has 2 aliphatic heterocycles. The van der Waals surface area contributed by atoms with Crippen molar-refractivity contribution in [1.29, 1.82) is 0 Å². The Hall–Kier alpha value is -2.75. The summed E-state index contributed by atoms with van der Waals surface area (Å²) in [5.41, 5.74) is 3.42. The minimum Gasteiger partial charge on any atom is -0.388 e. The molecule has 1 aromatic carbocycles. The van der Waals surface area contributed by atoms with Gasteiger partial charge in [-0.05, 0) is 49.4 Å². The lowest BCUT2D eigenvalue weighted by Crippen LogP contribution is -2.56. The summed E-state index contributed by atoms with van der Waals surface area (Å²) in [5.74, 6) is -0.206. The third kappa shape index (κ3) is 5.12. The van der Waals surface area contributed by atoms with Crippen LogP contribution in [0.3, 0.4) is 0 Å². The highest BCUT2D eigenvalue weighted by Gasteiger charge is 2.41. The molecule has 1 aliphatic carbocycles. The minimum absolute atomic E-state index is 0.000179. The number of β-amino-alcohol motifs (C(OH)–C–C–N with tert-alkyl or cyclic N) is 1. The fourth-order valence-electron chi connectivity index (χ4n) is 4.66. The number of likely N-dealkylation sites (tertiary alicyclic amines) is 1. The Morgan fingerprint density at radius 2 is 1.86 bits per heavy atom. The van der Waals surface area contributed by atoms with E-state index < -0.39 is 5.60 Å². The Morgan fingerprint density at radius 1 is 1.17 bits per heavy atom. The number of halogens is 2. The van der Waals surface area contributed by atoms with Gasteiger partial charge in [0.05, 0.1) is 30.5 Å². The first kappa shape index (κ1) is 24.0. The van der Waals surface area contributed by atoms with Crippen molar-refractivity contribution in [3.05, 3.63) is 51.8 Å². The number of carbonyl (C=O) groups excluding carboxylic acids is 3. The summed E-state index contributed by atoms with van der Waals surface area (Å²) in [6, 6.07) is 6.65. The van der Waals surface area contributed by atoms with Crippen LogP contribution in [0.5, 0.6) is 0 Å². The maximum absolute atomic E-state index is 13.1. The van der Waals surface area contributed by atoms with Crippen LogP contribution in [0.1, 0.15) is 41.7 Å². The number of hydrogen-bond donors (Lipinski definition) is 3. The van der Waals surface area contributed by atoms with Crippen LogP contribution in [0.15, 0.2) is 30.5 Å². The standard InChI is InChI=1S/C24H27Cl2N5O4/c25-18-2-1-3-19(26)17(18)11-21(32)28-16-10-20-23(34)30(14-27-31(20)12-16)13-24(35)6-8-29(9-7-24)22(33)15-4-5-15/h1-3,10,12,15,27,35H,4-9,11,13-14H2,(H,28,32). The van der Waals surface area contributed by atoms with Gasteiger partial charge in [0, 0.05) is 29.1 Å². The smallest absolute Gasteiger partial charge is 0.274 e. The van der Waals surface area contributed by atoms with E-state index in [1.165, 1.54) is 0 Å². The highest BCUT2D eigenvalue weighted by atomic mass is 35.5. The second kappa shape index (κ2) is 9.37. The van der Waals surface area contributed by atoms with Gasteiger partial charge in [-0.15, -0.1) is 0 Å².